The van der Waals surface area contributed by atoms with Gasteiger partial charge in [0.25, 0.3) is 5.97 Å². The summed E-state index contributed by atoms with van der Waals surface area (Å²) in [6.07, 6.45) is -0.190. The molecule has 0 aromatic rings. The predicted molar refractivity (Wildman–Crippen MR) is 56.8 cm³/mol. The Morgan fingerprint density at radius 2 is 1.53 bits per heavy atom. The van der Waals surface area contributed by atoms with Crippen molar-refractivity contribution >= 4 is 5.97 Å². The van der Waals surface area contributed by atoms with Crippen LogP contribution >= 0.6 is 0 Å². The lowest BCUT2D eigenvalue weighted by molar-refractivity contribution is -0.166. The summed E-state index contributed by atoms with van der Waals surface area (Å²) in [6, 6.07) is 0. The van der Waals surface area contributed by atoms with Gasteiger partial charge < -0.3 is 19.3 Å². The van der Waals surface area contributed by atoms with Crippen LogP contribution in [0.1, 0.15) is 27.7 Å². The van der Waals surface area contributed by atoms with Gasteiger partial charge in [0.15, 0.2) is 6.29 Å². The van der Waals surface area contributed by atoms with Gasteiger partial charge in [-0.3, -0.25) is 4.79 Å². The van der Waals surface area contributed by atoms with Gasteiger partial charge in [-0.15, -0.1) is 0 Å². The second kappa shape index (κ2) is 13.4. The van der Waals surface area contributed by atoms with Gasteiger partial charge in [0.2, 0.25) is 0 Å². The molecule has 1 N–H and O–H groups in total. The standard InChI is InChI=1S/C8H18O3.C2H4O2/c1-4-9-7-8(10-5-2)11-6-3;1-2(3)4/h8H,4-7H2,1-3H3;1H3,(H,3,4). The van der Waals surface area contributed by atoms with Crippen LogP contribution < -0.4 is 0 Å². The summed E-state index contributed by atoms with van der Waals surface area (Å²) in [6.45, 7) is 9.48. The predicted octanol–water partition coefficient (Wildman–Crippen LogP) is 1.51. The summed E-state index contributed by atoms with van der Waals surface area (Å²) in [5.41, 5.74) is 0. The lowest BCUT2D eigenvalue weighted by Gasteiger charge is -2.15. The van der Waals surface area contributed by atoms with Gasteiger partial charge in [-0.25, -0.2) is 0 Å². The smallest absolute Gasteiger partial charge is 0.300 e. The van der Waals surface area contributed by atoms with Crippen molar-refractivity contribution in [3.8, 4) is 0 Å². The molecule has 5 heteroatoms. The van der Waals surface area contributed by atoms with Crippen molar-refractivity contribution < 1.29 is 24.1 Å². The molecule has 0 unspecified atom stereocenters. The van der Waals surface area contributed by atoms with E-state index in [2.05, 4.69) is 0 Å². The number of ether oxygens (including phenoxy) is 3. The van der Waals surface area contributed by atoms with Crippen molar-refractivity contribution in [3.63, 3.8) is 0 Å². The van der Waals surface area contributed by atoms with Gasteiger partial charge in [-0.05, 0) is 20.8 Å². The van der Waals surface area contributed by atoms with E-state index in [0.29, 0.717) is 26.4 Å². The Bertz CT molecular complexity index is 128. The van der Waals surface area contributed by atoms with Gasteiger partial charge in [0.05, 0.1) is 6.61 Å². The van der Waals surface area contributed by atoms with Crippen molar-refractivity contribution in [2.24, 2.45) is 0 Å². The highest BCUT2D eigenvalue weighted by Crippen LogP contribution is 1.95. The molecule has 0 aromatic carbocycles. The van der Waals surface area contributed by atoms with E-state index < -0.39 is 5.97 Å². The van der Waals surface area contributed by atoms with Gasteiger partial charge in [0.1, 0.15) is 0 Å². The number of hydrogen-bond donors (Lipinski definition) is 1. The zero-order valence-electron chi connectivity index (χ0n) is 9.99. The summed E-state index contributed by atoms with van der Waals surface area (Å²) in [4.78, 5) is 9.00. The first-order valence-electron chi connectivity index (χ1n) is 5.08. The lowest BCUT2D eigenvalue weighted by Crippen LogP contribution is -2.23. The number of hydrogen-bond acceptors (Lipinski definition) is 4. The Morgan fingerprint density at radius 1 is 1.13 bits per heavy atom. The monoisotopic (exact) mass is 222 g/mol. The van der Waals surface area contributed by atoms with Crippen LogP contribution in [0.3, 0.4) is 0 Å². The number of aliphatic carboxylic acids is 1. The molecule has 0 aromatic heterocycles. The van der Waals surface area contributed by atoms with Crippen molar-refractivity contribution in [3.05, 3.63) is 0 Å². The third-order valence-electron chi connectivity index (χ3n) is 1.16. The Morgan fingerprint density at radius 3 is 1.80 bits per heavy atom. The number of rotatable bonds is 7. The zero-order valence-corrected chi connectivity index (χ0v) is 9.99. The average Bonchev–Trinajstić information content (AvgIpc) is 2.14. The average molecular weight is 222 g/mol. The van der Waals surface area contributed by atoms with Crippen molar-refractivity contribution in [2.45, 2.75) is 34.0 Å². The fraction of sp³-hybridized carbons (Fsp3) is 0.900. The van der Waals surface area contributed by atoms with Crippen LogP contribution in [-0.4, -0.2) is 43.8 Å². The van der Waals surface area contributed by atoms with E-state index >= 15 is 0 Å². The van der Waals surface area contributed by atoms with Crippen LogP contribution in [0.4, 0.5) is 0 Å². The van der Waals surface area contributed by atoms with E-state index in [1.807, 2.05) is 20.8 Å². The molecule has 0 aliphatic carbocycles. The molecular weight excluding hydrogens is 200 g/mol. The van der Waals surface area contributed by atoms with Crippen LogP contribution in [0.2, 0.25) is 0 Å². The molecular formula is C10H22O5. The second-order valence-corrected chi connectivity index (χ2v) is 2.52. The second-order valence-electron chi connectivity index (χ2n) is 2.52. The quantitative estimate of drug-likeness (QED) is 0.661. The Kier molecular flexibility index (Phi) is 14.9. The molecule has 0 aliphatic heterocycles. The lowest BCUT2D eigenvalue weighted by atomic mass is 10.6. The molecule has 0 bridgehead atoms. The minimum Gasteiger partial charge on any atom is -0.481 e. The number of carboxylic acid groups (broad SMARTS) is 1. The minimum atomic E-state index is -0.833. The van der Waals surface area contributed by atoms with Gasteiger partial charge in [-0.2, -0.15) is 0 Å². The fourth-order valence-electron chi connectivity index (χ4n) is 0.730. The molecule has 0 spiro atoms. The van der Waals surface area contributed by atoms with E-state index in [-0.39, 0.29) is 6.29 Å². The molecule has 0 rings (SSSR count). The highest BCUT2D eigenvalue weighted by Gasteiger charge is 2.05. The van der Waals surface area contributed by atoms with Crippen LogP contribution in [0.5, 0.6) is 0 Å². The van der Waals surface area contributed by atoms with Crippen LogP contribution in [-0.2, 0) is 19.0 Å². The summed E-state index contributed by atoms with van der Waals surface area (Å²) >= 11 is 0. The van der Waals surface area contributed by atoms with Crippen molar-refractivity contribution in [1.29, 1.82) is 0 Å². The van der Waals surface area contributed by atoms with Crippen molar-refractivity contribution in [1.82, 2.24) is 0 Å². The maximum Gasteiger partial charge on any atom is 0.300 e. The molecule has 0 fully saturated rings. The minimum absolute atomic E-state index is 0.190. The van der Waals surface area contributed by atoms with Crippen molar-refractivity contribution in [2.75, 3.05) is 26.4 Å². The summed E-state index contributed by atoms with van der Waals surface area (Å²) in [5.74, 6) is -0.833. The molecule has 5 nitrogen and oxygen atoms in total. The molecule has 0 radical (unpaired) electrons. The largest absolute Gasteiger partial charge is 0.481 e. The highest BCUT2D eigenvalue weighted by molar-refractivity contribution is 5.62. The molecule has 92 valence electrons. The van der Waals surface area contributed by atoms with Gasteiger partial charge in [0, 0.05) is 26.7 Å². The van der Waals surface area contributed by atoms with E-state index in [1.165, 1.54) is 0 Å². The molecule has 0 saturated heterocycles. The molecule has 0 heterocycles. The Hall–Kier alpha value is -0.650. The van der Waals surface area contributed by atoms with E-state index in [4.69, 9.17) is 24.1 Å². The summed E-state index contributed by atoms with van der Waals surface area (Å²) in [5, 5.41) is 7.42. The number of carbonyl (C=O) groups is 1. The zero-order chi connectivity index (χ0) is 12.1. The topological polar surface area (TPSA) is 65.0 Å². The Balaban J connectivity index is 0. The SMILES string of the molecule is CC(=O)O.CCOCC(OCC)OCC. The molecule has 15 heavy (non-hydrogen) atoms. The first kappa shape index (κ1) is 16.8. The van der Waals surface area contributed by atoms with Gasteiger partial charge >= 0.3 is 0 Å². The fourth-order valence-corrected chi connectivity index (χ4v) is 0.730. The maximum absolute atomic E-state index is 9.00. The van der Waals surface area contributed by atoms with Crippen LogP contribution in [0.15, 0.2) is 0 Å². The highest BCUT2D eigenvalue weighted by atomic mass is 16.7. The maximum atomic E-state index is 9.00. The molecule has 0 saturated carbocycles. The normalized spacial score (nSPS) is 9.67. The van der Waals surface area contributed by atoms with Gasteiger partial charge in [-0.1, -0.05) is 0 Å². The molecule has 0 amide bonds. The Labute approximate surface area is 91.3 Å². The van der Waals surface area contributed by atoms with E-state index in [1.54, 1.807) is 0 Å². The van der Waals surface area contributed by atoms with E-state index in [9.17, 15) is 0 Å². The summed E-state index contributed by atoms with van der Waals surface area (Å²) < 4.78 is 15.6. The first-order valence-corrected chi connectivity index (χ1v) is 5.08. The number of carboxylic acids is 1. The summed E-state index contributed by atoms with van der Waals surface area (Å²) in [7, 11) is 0. The van der Waals surface area contributed by atoms with Crippen LogP contribution in [0, 0.1) is 0 Å². The van der Waals surface area contributed by atoms with Crippen LogP contribution in [0.25, 0.3) is 0 Å². The molecule has 0 atom stereocenters. The third-order valence-corrected chi connectivity index (χ3v) is 1.16. The first-order chi connectivity index (χ1) is 7.08. The van der Waals surface area contributed by atoms with E-state index in [0.717, 1.165) is 6.92 Å². The molecule has 0 aliphatic rings. The third kappa shape index (κ3) is 19.7.